The van der Waals surface area contributed by atoms with Crippen LogP contribution < -0.4 is 0 Å². The van der Waals surface area contributed by atoms with Crippen molar-refractivity contribution in [1.29, 1.82) is 0 Å². The summed E-state index contributed by atoms with van der Waals surface area (Å²) in [5, 5.41) is 9.08. The van der Waals surface area contributed by atoms with Crippen molar-refractivity contribution >= 4 is 11.8 Å². The highest BCUT2D eigenvalue weighted by atomic mass is 16.2. The summed E-state index contributed by atoms with van der Waals surface area (Å²) in [6, 6.07) is 1.95. The first kappa shape index (κ1) is 19.7. The number of fused-ring (bicyclic) bond motifs is 1. The standard InChI is InChI=1S/C21H30N6O2/c1-4-24-10-7-11-27-19(21(24)29)12-18(23-27)16-8-6-9-25(14-16)20(28)17-13-22-26(5-2)15(17)3/h12-13,16H,4-11,14H2,1-3H3. The molecule has 2 aromatic rings. The Morgan fingerprint density at radius 2 is 2.00 bits per heavy atom. The van der Waals surface area contributed by atoms with E-state index in [1.165, 1.54) is 0 Å². The fraction of sp³-hybridized carbons (Fsp3) is 0.619. The molecule has 2 aromatic heterocycles. The van der Waals surface area contributed by atoms with Crippen LogP contribution in [0.25, 0.3) is 0 Å². The van der Waals surface area contributed by atoms with Gasteiger partial charge in [0.2, 0.25) is 0 Å². The topological polar surface area (TPSA) is 76.3 Å². The summed E-state index contributed by atoms with van der Waals surface area (Å²) in [6.07, 6.45) is 4.53. The minimum absolute atomic E-state index is 0.0425. The molecular formula is C21H30N6O2. The molecule has 2 amide bonds. The molecule has 1 fully saturated rings. The van der Waals surface area contributed by atoms with Gasteiger partial charge >= 0.3 is 0 Å². The van der Waals surface area contributed by atoms with E-state index in [2.05, 4.69) is 5.10 Å². The number of aryl methyl sites for hydroxylation is 2. The molecule has 2 aliphatic rings. The van der Waals surface area contributed by atoms with Gasteiger partial charge in [-0.2, -0.15) is 10.2 Å². The van der Waals surface area contributed by atoms with E-state index < -0.39 is 0 Å². The summed E-state index contributed by atoms with van der Waals surface area (Å²) in [5.74, 6) is 0.271. The van der Waals surface area contributed by atoms with E-state index in [9.17, 15) is 9.59 Å². The van der Waals surface area contributed by atoms with Crippen molar-refractivity contribution < 1.29 is 9.59 Å². The van der Waals surface area contributed by atoms with E-state index in [1.807, 2.05) is 46.0 Å². The van der Waals surface area contributed by atoms with Crippen LogP contribution in [0.1, 0.15) is 71.3 Å². The Kier molecular flexibility index (Phi) is 5.43. The Hall–Kier alpha value is -2.64. The quantitative estimate of drug-likeness (QED) is 0.792. The van der Waals surface area contributed by atoms with Gasteiger partial charge in [0.05, 0.1) is 17.5 Å². The lowest BCUT2D eigenvalue weighted by atomic mass is 9.94. The molecule has 8 heteroatoms. The predicted octanol–water partition coefficient (Wildman–Crippen LogP) is 2.29. The number of likely N-dealkylation sites (tertiary alicyclic amines) is 1. The maximum Gasteiger partial charge on any atom is 0.272 e. The van der Waals surface area contributed by atoms with Gasteiger partial charge in [0, 0.05) is 50.9 Å². The molecule has 2 aliphatic heterocycles. The number of amides is 2. The number of hydrogen-bond donors (Lipinski definition) is 0. The molecule has 0 aromatic carbocycles. The van der Waals surface area contributed by atoms with Crippen LogP contribution in [-0.2, 0) is 13.1 Å². The number of hydrogen-bond acceptors (Lipinski definition) is 4. The monoisotopic (exact) mass is 398 g/mol. The molecule has 29 heavy (non-hydrogen) atoms. The summed E-state index contributed by atoms with van der Waals surface area (Å²) < 4.78 is 3.72. The molecule has 156 valence electrons. The SMILES string of the molecule is CCN1CCCn2nc(C3CCCN(C(=O)c4cnn(CC)c4C)C3)cc2C1=O. The average Bonchev–Trinajstić information content (AvgIpc) is 3.30. The maximum absolute atomic E-state index is 13.1. The van der Waals surface area contributed by atoms with E-state index in [-0.39, 0.29) is 17.7 Å². The maximum atomic E-state index is 13.1. The van der Waals surface area contributed by atoms with Crippen LogP contribution in [-0.4, -0.2) is 67.4 Å². The summed E-state index contributed by atoms with van der Waals surface area (Å²) in [7, 11) is 0. The second kappa shape index (κ2) is 8.00. The third-order valence-electron chi connectivity index (χ3n) is 6.24. The van der Waals surface area contributed by atoms with Crippen LogP contribution in [0, 0.1) is 6.92 Å². The van der Waals surface area contributed by atoms with Gasteiger partial charge in [-0.1, -0.05) is 0 Å². The molecule has 0 spiro atoms. The molecule has 4 heterocycles. The number of piperidine rings is 1. The number of aromatic nitrogens is 4. The van der Waals surface area contributed by atoms with Crippen LogP contribution in [0.3, 0.4) is 0 Å². The Bertz CT molecular complexity index is 914. The lowest BCUT2D eigenvalue weighted by Crippen LogP contribution is -2.39. The highest BCUT2D eigenvalue weighted by Gasteiger charge is 2.31. The number of carbonyl (C=O) groups is 2. The Labute approximate surface area is 171 Å². The largest absolute Gasteiger partial charge is 0.338 e. The van der Waals surface area contributed by atoms with Crippen molar-refractivity contribution in [1.82, 2.24) is 29.4 Å². The van der Waals surface area contributed by atoms with Gasteiger partial charge in [-0.3, -0.25) is 19.0 Å². The minimum atomic E-state index is 0.0425. The van der Waals surface area contributed by atoms with E-state index in [4.69, 9.17) is 5.10 Å². The third-order valence-corrected chi connectivity index (χ3v) is 6.24. The van der Waals surface area contributed by atoms with Crippen LogP contribution in [0.4, 0.5) is 0 Å². The van der Waals surface area contributed by atoms with Crippen molar-refractivity contribution in [3.05, 3.63) is 34.9 Å². The molecule has 8 nitrogen and oxygen atoms in total. The first-order chi connectivity index (χ1) is 14.0. The van der Waals surface area contributed by atoms with Gasteiger partial charge in [0.25, 0.3) is 11.8 Å². The zero-order valence-electron chi connectivity index (χ0n) is 17.6. The first-order valence-electron chi connectivity index (χ1n) is 10.7. The van der Waals surface area contributed by atoms with Gasteiger partial charge in [-0.05, 0) is 46.1 Å². The van der Waals surface area contributed by atoms with Gasteiger partial charge in [-0.15, -0.1) is 0 Å². The molecule has 1 atom stereocenters. The zero-order valence-corrected chi connectivity index (χ0v) is 17.6. The summed E-state index contributed by atoms with van der Waals surface area (Å²) in [4.78, 5) is 29.7. The van der Waals surface area contributed by atoms with Crippen molar-refractivity contribution in [2.45, 2.75) is 59.0 Å². The van der Waals surface area contributed by atoms with Crippen molar-refractivity contribution in [2.75, 3.05) is 26.2 Å². The molecule has 4 rings (SSSR count). The second-order valence-electron chi connectivity index (χ2n) is 7.97. The lowest BCUT2D eigenvalue weighted by molar-refractivity contribution is 0.0703. The molecule has 0 aliphatic carbocycles. The number of nitrogens with zero attached hydrogens (tertiary/aromatic N) is 6. The van der Waals surface area contributed by atoms with E-state index >= 15 is 0 Å². The van der Waals surface area contributed by atoms with E-state index in [0.29, 0.717) is 17.8 Å². The van der Waals surface area contributed by atoms with Crippen molar-refractivity contribution in [3.8, 4) is 0 Å². The molecular weight excluding hydrogens is 368 g/mol. The third kappa shape index (κ3) is 3.56. The molecule has 0 bridgehead atoms. The van der Waals surface area contributed by atoms with Gasteiger partial charge in [-0.25, -0.2) is 0 Å². The van der Waals surface area contributed by atoms with Gasteiger partial charge in [0.15, 0.2) is 0 Å². The van der Waals surface area contributed by atoms with Crippen LogP contribution in [0.15, 0.2) is 12.3 Å². The number of carbonyl (C=O) groups excluding carboxylic acids is 2. The van der Waals surface area contributed by atoms with Crippen molar-refractivity contribution in [2.24, 2.45) is 0 Å². The zero-order chi connectivity index (χ0) is 20.5. The van der Waals surface area contributed by atoms with Gasteiger partial charge < -0.3 is 9.80 Å². The molecule has 0 saturated carbocycles. The minimum Gasteiger partial charge on any atom is -0.338 e. The summed E-state index contributed by atoms with van der Waals surface area (Å²) in [6.45, 7) is 10.4. The second-order valence-corrected chi connectivity index (χ2v) is 7.97. The Morgan fingerprint density at radius 3 is 2.72 bits per heavy atom. The van der Waals surface area contributed by atoms with Crippen molar-refractivity contribution in [3.63, 3.8) is 0 Å². The normalized spacial score (nSPS) is 20.0. The predicted molar refractivity (Wildman–Crippen MR) is 109 cm³/mol. The average molecular weight is 399 g/mol. The molecule has 0 N–H and O–H groups in total. The molecule has 0 radical (unpaired) electrons. The van der Waals surface area contributed by atoms with E-state index in [1.54, 1.807) is 6.20 Å². The highest BCUT2D eigenvalue weighted by Crippen LogP contribution is 2.29. The van der Waals surface area contributed by atoms with E-state index in [0.717, 1.165) is 63.4 Å². The fourth-order valence-corrected chi connectivity index (χ4v) is 4.50. The molecule has 1 saturated heterocycles. The summed E-state index contributed by atoms with van der Waals surface area (Å²) >= 11 is 0. The Balaban J connectivity index is 1.53. The smallest absolute Gasteiger partial charge is 0.272 e. The first-order valence-corrected chi connectivity index (χ1v) is 10.7. The molecule has 1 unspecified atom stereocenters. The van der Waals surface area contributed by atoms with Gasteiger partial charge in [0.1, 0.15) is 5.69 Å². The number of rotatable bonds is 4. The highest BCUT2D eigenvalue weighted by molar-refractivity contribution is 5.95. The Morgan fingerprint density at radius 1 is 1.17 bits per heavy atom. The van der Waals surface area contributed by atoms with Crippen LogP contribution in [0.2, 0.25) is 0 Å². The van der Waals surface area contributed by atoms with Crippen LogP contribution in [0.5, 0.6) is 0 Å². The summed E-state index contributed by atoms with van der Waals surface area (Å²) in [5.41, 5.74) is 3.22. The van der Waals surface area contributed by atoms with Crippen LogP contribution >= 0.6 is 0 Å². The fourth-order valence-electron chi connectivity index (χ4n) is 4.50. The lowest BCUT2D eigenvalue weighted by Gasteiger charge is -2.32.